The Balaban J connectivity index is 1.94. The zero-order valence-electron chi connectivity index (χ0n) is 11.6. The van der Waals surface area contributed by atoms with Crippen molar-refractivity contribution in [1.82, 2.24) is 0 Å². The molecule has 1 aromatic rings. The topological polar surface area (TPSA) is 64.3 Å². The molecular weight excluding hydrogens is 240 g/mol. The Kier molecular flexibility index (Phi) is 4.30. The van der Waals surface area contributed by atoms with Gasteiger partial charge in [-0.15, -0.1) is 0 Å². The highest BCUT2D eigenvalue weighted by Gasteiger charge is 2.23. The van der Waals surface area contributed by atoms with Crippen LogP contribution in [0.15, 0.2) is 18.2 Å². The zero-order valence-corrected chi connectivity index (χ0v) is 11.6. The summed E-state index contributed by atoms with van der Waals surface area (Å²) in [5, 5.41) is 2.88. The highest BCUT2D eigenvalue weighted by Crippen LogP contribution is 2.33. The van der Waals surface area contributed by atoms with E-state index in [9.17, 15) is 4.79 Å². The number of methoxy groups -OCH3 is 1. The molecule has 2 unspecified atom stereocenters. The van der Waals surface area contributed by atoms with E-state index in [-0.39, 0.29) is 5.91 Å². The number of benzene rings is 1. The summed E-state index contributed by atoms with van der Waals surface area (Å²) in [5.41, 5.74) is 7.05. The molecule has 19 heavy (non-hydrogen) atoms. The van der Waals surface area contributed by atoms with E-state index in [1.807, 2.05) is 0 Å². The van der Waals surface area contributed by atoms with Crippen LogP contribution in [-0.2, 0) is 4.79 Å². The van der Waals surface area contributed by atoms with Crippen LogP contribution >= 0.6 is 0 Å². The van der Waals surface area contributed by atoms with Gasteiger partial charge in [-0.3, -0.25) is 4.79 Å². The third-order valence-corrected chi connectivity index (χ3v) is 3.81. The van der Waals surface area contributed by atoms with Gasteiger partial charge in [-0.2, -0.15) is 0 Å². The molecule has 3 N–H and O–H groups in total. The minimum absolute atomic E-state index is 0.0408. The average molecular weight is 262 g/mol. The lowest BCUT2D eigenvalue weighted by atomic mass is 10.0. The zero-order chi connectivity index (χ0) is 13.8. The van der Waals surface area contributed by atoms with Crippen LogP contribution in [0.25, 0.3) is 0 Å². The second-order valence-corrected chi connectivity index (χ2v) is 5.49. The first-order chi connectivity index (χ1) is 9.08. The number of nitrogens with two attached hydrogens (primary N) is 1. The Morgan fingerprint density at radius 2 is 2.26 bits per heavy atom. The summed E-state index contributed by atoms with van der Waals surface area (Å²) in [7, 11) is 1.59. The molecule has 0 aliphatic heterocycles. The lowest BCUT2D eigenvalue weighted by molar-refractivity contribution is -0.117. The van der Waals surface area contributed by atoms with Crippen molar-refractivity contribution in [2.45, 2.75) is 32.6 Å². The summed E-state index contributed by atoms with van der Waals surface area (Å²) in [6, 6.07) is 5.28. The maximum atomic E-state index is 12.0. The fourth-order valence-corrected chi connectivity index (χ4v) is 2.74. The number of amides is 1. The molecule has 1 amide bonds. The molecule has 0 saturated heterocycles. The second-order valence-electron chi connectivity index (χ2n) is 5.49. The summed E-state index contributed by atoms with van der Waals surface area (Å²) in [4.78, 5) is 12.0. The van der Waals surface area contributed by atoms with E-state index >= 15 is 0 Å². The van der Waals surface area contributed by atoms with Crippen LogP contribution in [0.2, 0.25) is 0 Å². The number of carbonyl (C=O) groups excluding carboxylic acids is 1. The predicted octanol–water partition coefficient (Wildman–Crippen LogP) is 3.04. The van der Waals surface area contributed by atoms with Crippen molar-refractivity contribution in [1.29, 1.82) is 0 Å². The molecule has 1 saturated carbocycles. The molecule has 4 heteroatoms. The smallest absolute Gasteiger partial charge is 0.224 e. The second kappa shape index (κ2) is 5.95. The Morgan fingerprint density at radius 1 is 1.47 bits per heavy atom. The largest absolute Gasteiger partial charge is 0.497 e. The SMILES string of the molecule is COc1ccc(N)c(NC(=O)CC2CCC(C)C2)c1. The normalized spacial score (nSPS) is 22.2. The fraction of sp³-hybridized carbons (Fsp3) is 0.533. The summed E-state index contributed by atoms with van der Waals surface area (Å²) in [6.45, 7) is 2.25. The molecule has 0 heterocycles. The summed E-state index contributed by atoms with van der Waals surface area (Å²) < 4.78 is 5.13. The van der Waals surface area contributed by atoms with Crippen LogP contribution in [0.5, 0.6) is 5.75 Å². The van der Waals surface area contributed by atoms with Crippen LogP contribution in [0.4, 0.5) is 11.4 Å². The van der Waals surface area contributed by atoms with Crippen LogP contribution < -0.4 is 15.8 Å². The van der Waals surface area contributed by atoms with Crippen molar-refractivity contribution in [3.63, 3.8) is 0 Å². The minimum Gasteiger partial charge on any atom is -0.497 e. The average Bonchev–Trinajstić information content (AvgIpc) is 2.77. The van der Waals surface area contributed by atoms with Gasteiger partial charge in [-0.25, -0.2) is 0 Å². The first kappa shape index (κ1) is 13.7. The van der Waals surface area contributed by atoms with E-state index < -0.39 is 0 Å². The Bertz CT molecular complexity index is 459. The van der Waals surface area contributed by atoms with Crippen LogP contribution in [0, 0.1) is 11.8 Å². The molecule has 1 aliphatic rings. The Morgan fingerprint density at radius 3 is 2.89 bits per heavy atom. The number of carbonyl (C=O) groups is 1. The van der Waals surface area contributed by atoms with Crippen molar-refractivity contribution in [3.8, 4) is 5.75 Å². The molecule has 1 aliphatic carbocycles. The number of anilines is 2. The lowest BCUT2D eigenvalue weighted by Crippen LogP contribution is -2.16. The third kappa shape index (κ3) is 3.63. The van der Waals surface area contributed by atoms with Crippen molar-refractivity contribution in [2.75, 3.05) is 18.2 Å². The Hall–Kier alpha value is -1.71. The summed E-state index contributed by atoms with van der Waals surface area (Å²) in [6.07, 6.45) is 4.13. The molecule has 0 spiro atoms. The van der Waals surface area contributed by atoms with Gasteiger partial charge in [0.2, 0.25) is 5.91 Å². The van der Waals surface area contributed by atoms with Gasteiger partial charge in [0, 0.05) is 12.5 Å². The van der Waals surface area contributed by atoms with Crippen molar-refractivity contribution in [3.05, 3.63) is 18.2 Å². The fourth-order valence-electron chi connectivity index (χ4n) is 2.74. The molecular formula is C15H22N2O2. The minimum atomic E-state index is 0.0408. The van der Waals surface area contributed by atoms with Crippen LogP contribution in [0.3, 0.4) is 0 Å². The van der Waals surface area contributed by atoms with Gasteiger partial charge in [-0.1, -0.05) is 13.3 Å². The Labute approximate surface area is 114 Å². The van der Waals surface area contributed by atoms with Gasteiger partial charge >= 0.3 is 0 Å². The summed E-state index contributed by atoms with van der Waals surface area (Å²) in [5.74, 6) is 2.00. The molecule has 1 fully saturated rings. The van der Waals surface area contributed by atoms with E-state index in [0.29, 0.717) is 29.5 Å². The maximum Gasteiger partial charge on any atom is 0.224 e. The predicted molar refractivity (Wildman–Crippen MR) is 77.2 cm³/mol. The molecule has 4 nitrogen and oxygen atoms in total. The number of nitrogen functional groups attached to an aromatic ring is 1. The van der Waals surface area contributed by atoms with Crippen molar-refractivity contribution >= 4 is 17.3 Å². The maximum absolute atomic E-state index is 12.0. The number of hydrogen-bond acceptors (Lipinski definition) is 3. The molecule has 1 aromatic carbocycles. The molecule has 2 atom stereocenters. The van der Waals surface area contributed by atoms with Crippen LogP contribution in [-0.4, -0.2) is 13.0 Å². The molecule has 0 bridgehead atoms. The molecule has 0 radical (unpaired) electrons. The standard InChI is InChI=1S/C15H22N2O2/c1-10-3-4-11(7-10)8-15(18)17-14-9-12(19-2)5-6-13(14)16/h5-6,9-11H,3-4,7-8,16H2,1-2H3,(H,17,18). The van der Waals surface area contributed by atoms with E-state index in [0.717, 1.165) is 18.8 Å². The van der Waals surface area contributed by atoms with Gasteiger partial charge in [0.15, 0.2) is 0 Å². The summed E-state index contributed by atoms with van der Waals surface area (Å²) >= 11 is 0. The number of hydrogen-bond donors (Lipinski definition) is 2. The van der Waals surface area contributed by atoms with Crippen LogP contribution in [0.1, 0.15) is 32.6 Å². The molecule has 0 aromatic heterocycles. The van der Waals surface area contributed by atoms with Gasteiger partial charge in [-0.05, 0) is 36.8 Å². The number of ether oxygens (including phenoxy) is 1. The van der Waals surface area contributed by atoms with Gasteiger partial charge in [0.05, 0.1) is 18.5 Å². The monoisotopic (exact) mass is 262 g/mol. The van der Waals surface area contributed by atoms with Crippen molar-refractivity contribution in [2.24, 2.45) is 11.8 Å². The number of rotatable bonds is 4. The van der Waals surface area contributed by atoms with E-state index in [1.54, 1.807) is 25.3 Å². The quantitative estimate of drug-likeness (QED) is 0.820. The first-order valence-corrected chi connectivity index (χ1v) is 6.82. The molecule has 104 valence electrons. The van der Waals surface area contributed by atoms with Crippen molar-refractivity contribution < 1.29 is 9.53 Å². The highest BCUT2D eigenvalue weighted by molar-refractivity contribution is 5.94. The van der Waals surface area contributed by atoms with E-state index in [4.69, 9.17) is 10.5 Å². The molecule has 2 rings (SSSR count). The first-order valence-electron chi connectivity index (χ1n) is 6.82. The highest BCUT2D eigenvalue weighted by atomic mass is 16.5. The number of nitrogens with one attached hydrogen (secondary N) is 1. The van der Waals surface area contributed by atoms with Gasteiger partial charge < -0.3 is 15.8 Å². The van der Waals surface area contributed by atoms with Gasteiger partial charge in [0.25, 0.3) is 0 Å². The van der Waals surface area contributed by atoms with Gasteiger partial charge in [0.1, 0.15) is 5.75 Å². The lowest BCUT2D eigenvalue weighted by Gasteiger charge is -2.12. The van der Waals surface area contributed by atoms with E-state index in [2.05, 4.69) is 12.2 Å². The van der Waals surface area contributed by atoms with E-state index in [1.165, 1.54) is 6.42 Å². The third-order valence-electron chi connectivity index (χ3n) is 3.81.